The minimum atomic E-state index is -3.59. The highest BCUT2D eigenvalue weighted by Crippen LogP contribution is 2.37. The highest BCUT2D eigenvalue weighted by Gasteiger charge is 2.43. The van der Waals surface area contributed by atoms with Crippen molar-refractivity contribution in [1.82, 2.24) is 24.7 Å². The van der Waals surface area contributed by atoms with Gasteiger partial charge in [-0.05, 0) is 31.0 Å². The van der Waals surface area contributed by atoms with E-state index < -0.39 is 28.0 Å². The number of hydrogen-bond donors (Lipinski definition) is 3. The summed E-state index contributed by atoms with van der Waals surface area (Å²) >= 11 is 0. The maximum Gasteiger partial charge on any atom is 0.232 e. The second-order valence-electron chi connectivity index (χ2n) is 8.91. The Labute approximate surface area is 206 Å². The number of rotatable bonds is 7. The first-order valence-corrected chi connectivity index (χ1v) is 13.0. The van der Waals surface area contributed by atoms with Crippen LogP contribution in [0.2, 0.25) is 0 Å². The molecule has 1 aromatic carbocycles. The number of anilines is 4. The molecule has 1 fully saturated rings. The minimum absolute atomic E-state index is 0.201. The number of hydrogen-bond acceptors (Lipinski definition) is 7. The van der Waals surface area contributed by atoms with Crippen molar-refractivity contribution in [2.24, 2.45) is 13.0 Å². The number of H-pyrrole nitrogens is 1. The van der Waals surface area contributed by atoms with Crippen LogP contribution in [0.5, 0.6) is 0 Å². The number of alkyl halides is 1. The Balaban J connectivity index is 1.57. The van der Waals surface area contributed by atoms with Crippen LogP contribution in [-0.2, 0) is 21.9 Å². The Bertz CT molecular complexity index is 1600. The van der Waals surface area contributed by atoms with E-state index in [1.54, 1.807) is 43.0 Å². The Morgan fingerprint density at radius 2 is 1.97 bits per heavy atom. The minimum Gasteiger partial charge on any atom is -0.352 e. The zero-order valence-electron chi connectivity index (χ0n) is 20.1. The first kappa shape index (κ1) is 23.7. The lowest BCUT2D eigenvalue weighted by Crippen LogP contribution is -2.25. The van der Waals surface area contributed by atoms with Gasteiger partial charge in [0, 0.05) is 31.9 Å². The number of fused-ring (bicyclic) bond motifs is 1. The smallest absolute Gasteiger partial charge is 0.232 e. The topological polar surface area (TPSA) is 138 Å². The molecule has 5 rings (SSSR count). The number of imidazole rings is 1. The summed E-state index contributed by atoms with van der Waals surface area (Å²) in [6, 6.07) is 6.97. The molecule has 0 aliphatic heterocycles. The second kappa shape index (κ2) is 8.59. The lowest BCUT2D eigenvalue weighted by atomic mass is 10.1. The van der Waals surface area contributed by atoms with Crippen molar-refractivity contribution in [1.29, 1.82) is 0 Å². The summed E-state index contributed by atoms with van der Waals surface area (Å²) < 4.78 is 41.1. The van der Waals surface area contributed by atoms with Crippen molar-refractivity contribution >= 4 is 50.0 Å². The molecule has 3 N–H and O–H groups in total. The average molecular weight is 513 g/mol. The number of halogens is 1. The maximum absolute atomic E-state index is 13.4. The quantitative estimate of drug-likeness (QED) is 0.346. The second-order valence-corrected chi connectivity index (χ2v) is 10.9. The monoisotopic (exact) mass is 512 g/mol. The molecule has 3 heterocycles. The van der Waals surface area contributed by atoms with E-state index in [4.69, 9.17) is 0 Å². The number of nitrogens with zero attached hydrogens (tertiary/aromatic N) is 5. The SMILES string of the molecule is Cc1nc2c(Nc3ccc(-c4cnn(C)c4)cc3N(C)S(C)(=O)=O)cc(NC(=O)[C@H]3C[C@H]3F)nc2[nH]1. The molecular formula is C23H25FN8O3S. The summed E-state index contributed by atoms with van der Waals surface area (Å²) in [4.78, 5) is 24.2. The third kappa shape index (κ3) is 4.61. The first-order chi connectivity index (χ1) is 17.0. The van der Waals surface area contributed by atoms with E-state index in [9.17, 15) is 17.6 Å². The fourth-order valence-corrected chi connectivity index (χ4v) is 4.40. The van der Waals surface area contributed by atoms with Crippen LogP contribution < -0.4 is 14.9 Å². The van der Waals surface area contributed by atoms with Crippen LogP contribution >= 0.6 is 0 Å². The molecule has 4 aromatic rings. The average Bonchev–Trinajstić information content (AvgIpc) is 3.18. The molecule has 13 heteroatoms. The van der Waals surface area contributed by atoms with Gasteiger partial charge in [-0.25, -0.2) is 22.8 Å². The van der Waals surface area contributed by atoms with Gasteiger partial charge in [0.2, 0.25) is 15.9 Å². The Morgan fingerprint density at radius 3 is 2.61 bits per heavy atom. The predicted molar refractivity (Wildman–Crippen MR) is 135 cm³/mol. The zero-order valence-corrected chi connectivity index (χ0v) is 20.9. The summed E-state index contributed by atoms with van der Waals surface area (Å²) in [5.41, 5.74) is 3.93. The normalized spacial score (nSPS) is 17.2. The molecule has 2 atom stereocenters. The molecule has 188 valence electrons. The molecule has 0 bridgehead atoms. The van der Waals surface area contributed by atoms with Crippen LogP contribution in [-0.4, -0.2) is 58.5 Å². The standard InChI is InChI=1S/C23H25FN8O3S/c1-12-26-21-18(9-20(29-22(21)27-12)30-23(33)15-8-16(15)24)28-17-6-5-13(14-10-25-31(2)11-14)7-19(17)32(3)36(4,34)35/h5-7,9-11,15-16H,8H2,1-4H3,(H3,26,27,28,29,30,33)/t15-,16+/m0/s1. The van der Waals surface area contributed by atoms with Gasteiger partial charge in [-0.1, -0.05) is 6.07 Å². The van der Waals surface area contributed by atoms with Gasteiger partial charge in [0.1, 0.15) is 23.3 Å². The molecular weight excluding hydrogens is 487 g/mol. The first-order valence-electron chi connectivity index (χ1n) is 11.2. The number of sulfonamides is 1. The number of carbonyl (C=O) groups is 1. The summed E-state index contributed by atoms with van der Waals surface area (Å²) in [6.07, 6.45) is 3.73. The summed E-state index contributed by atoms with van der Waals surface area (Å²) in [6.45, 7) is 1.77. The molecule has 0 unspecified atom stereocenters. The number of benzene rings is 1. The molecule has 3 aromatic heterocycles. The third-order valence-corrected chi connectivity index (χ3v) is 7.21. The summed E-state index contributed by atoms with van der Waals surface area (Å²) in [5, 5.41) is 10.1. The van der Waals surface area contributed by atoms with Crippen LogP contribution in [0.25, 0.3) is 22.3 Å². The lowest BCUT2D eigenvalue weighted by molar-refractivity contribution is -0.117. The Hall–Kier alpha value is -4.00. The van der Waals surface area contributed by atoms with Crippen LogP contribution in [0.1, 0.15) is 12.2 Å². The van der Waals surface area contributed by atoms with Crippen molar-refractivity contribution in [2.45, 2.75) is 19.5 Å². The molecule has 1 saturated carbocycles. The van der Waals surface area contributed by atoms with Crippen molar-refractivity contribution < 1.29 is 17.6 Å². The van der Waals surface area contributed by atoms with Gasteiger partial charge in [0.05, 0.1) is 35.4 Å². The number of aryl methyl sites for hydroxylation is 2. The molecule has 0 spiro atoms. The van der Waals surface area contributed by atoms with Crippen molar-refractivity contribution in [3.63, 3.8) is 0 Å². The lowest BCUT2D eigenvalue weighted by Gasteiger charge is -2.22. The molecule has 0 radical (unpaired) electrons. The van der Waals surface area contributed by atoms with Gasteiger partial charge in [-0.15, -0.1) is 0 Å². The van der Waals surface area contributed by atoms with Crippen molar-refractivity contribution in [2.75, 3.05) is 28.2 Å². The fraction of sp³-hybridized carbons (Fsp3) is 0.304. The number of nitrogens with one attached hydrogen (secondary N) is 3. The van der Waals surface area contributed by atoms with E-state index in [-0.39, 0.29) is 12.2 Å². The van der Waals surface area contributed by atoms with E-state index in [1.165, 1.54) is 11.4 Å². The van der Waals surface area contributed by atoms with Crippen LogP contribution in [0.15, 0.2) is 36.7 Å². The van der Waals surface area contributed by atoms with Gasteiger partial charge in [0.25, 0.3) is 0 Å². The van der Waals surface area contributed by atoms with E-state index in [0.717, 1.165) is 17.4 Å². The molecule has 1 aliphatic rings. The summed E-state index contributed by atoms with van der Waals surface area (Å²) in [5.74, 6) is -0.273. The Kier molecular flexibility index (Phi) is 5.66. The van der Waals surface area contributed by atoms with Crippen LogP contribution in [0.3, 0.4) is 0 Å². The third-order valence-electron chi connectivity index (χ3n) is 6.01. The van der Waals surface area contributed by atoms with E-state index >= 15 is 0 Å². The number of aromatic nitrogens is 5. The van der Waals surface area contributed by atoms with Gasteiger partial charge >= 0.3 is 0 Å². The van der Waals surface area contributed by atoms with Crippen molar-refractivity contribution in [3.05, 3.63) is 42.5 Å². The van der Waals surface area contributed by atoms with Gasteiger partial charge in [0.15, 0.2) is 5.65 Å². The number of amides is 1. The van der Waals surface area contributed by atoms with E-state index in [0.29, 0.717) is 34.1 Å². The van der Waals surface area contributed by atoms with E-state index in [1.807, 2.05) is 12.3 Å². The van der Waals surface area contributed by atoms with Gasteiger partial charge in [-0.3, -0.25) is 13.8 Å². The van der Waals surface area contributed by atoms with Crippen LogP contribution in [0, 0.1) is 12.8 Å². The predicted octanol–water partition coefficient (Wildman–Crippen LogP) is 3.10. The molecule has 11 nitrogen and oxygen atoms in total. The van der Waals surface area contributed by atoms with Crippen molar-refractivity contribution in [3.8, 4) is 11.1 Å². The molecule has 1 amide bonds. The van der Waals surface area contributed by atoms with E-state index in [2.05, 4.69) is 30.7 Å². The molecule has 36 heavy (non-hydrogen) atoms. The zero-order chi connectivity index (χ0) is 25.8. The summed E-state index contributed by atoms with van der Waals surface area (Å²) in [7, 11) is -0.316. The Morgan fingerprint density at radius 1 is 1.22 bits per heavy atom. The molecule has 1 aliphatic carbocycles. The number of pyridine rings is 1. The molecule has 0 saturated heterocycles. The maximum atomic E-state index is 13.4. The van der Waals surface area contributed by atoms with Gasteiger partial charge < -0.3 is 15.6 Å². The fourth-order valence-electron chi connectivity index (χ4n) is 3.89. The number of aromatic amines is 1. The highest BCUT2D eigenvalue weighted by molar-refractivity contribution is 7.92. The number of carbonyl (C=O) groups excluding carboxylic acids is 1. The van der Waals surface area contributed by atoms with Crippen LogP contribution in [0.4, 0.5) is 27.3 Å². The van der Waals surface area contributed by atoms with Gasteiger partial charge in [-0.2, -0.15) is 5.10 Å². The highest BCUT2D eigenvalue weighted by atomic mass is 32.2. The largest absolute Gasteiger partial charge is 0.352 e.